The van der Waals surface area contributed by atoms with Gasteiger partial charge >= 0.3 is 5.97 Å². The standard InChI is InChI=1S/C15H18N2O4/c1-17(2)13(19)11-6-4-10(5-7-11)12(18)16-15(14(20)21)8-3-9-15/h4-7H,3,8-9H2,1-2H3,(H,16,18)(H,20,21). The monoisotopic (exact) mass is 290 g/mol. The third kappa shape index (κ3) is 2.89. The average molecular weight is 290 g/mol. The predicted molar refractivity (Wildman–Crippen MR) is 76.1 cm³/mol. The van der Waals surface area contributed by atoms with Crippen LogP contribution >= 0.6 is 0 Å². The molecular formula is C15H18N2O4. The van der Waals surface area contributed by atoms with Gasteiger partial charge in [-0.05, 0) is 43.5 Å². The van der Waals surface area contributed by atoms with Crippen LogP contribution in [0.2, 0.25) is 0 Å². The van der Waals surface area contributed by atoms with Crippen molar-refractivity contribution in [2.45, 2.75) is 24.8 Å². The number of nitrogens with zero attached hydrogens (tertiary/aromatic N) is 1. The Morgan fingerprint density at radius 1 is 1.10 bits per heavy atom. The number of rotatable bonds is 4. The zero-order chi connectivity index (χ0) is 15.6. The van der Waals surface area contributed by atoms with Gasteiger partial charge in [-0.25, -0.2) is 4.79 Å². The molecule has 1 aliphatic rings. The van der Waals surface area contributed by atoms with Gasteiger partial charge < -0.3 is 15.3 Å². The van der Waals surface area contributed by atoms with Crippen molar-refractivity contribution in [2.24, 2.45) is 0 Å². The number of amides is 2. The number of carbonyl (C=O) groups is 3. The van der Waals surface area contributed by atoms with Gasteiger partial charge in [0, 0.05) is 25.2 Å². The molecule has 2 N–H and O–H groups in total. The highest BCUT2D eigenvalue weighted by molar-refractivity contribution is 6.00. The summed E-state index contributed by atoms with van der Waals surface area (Å²) in [7, 11) is 3.30. The summed E-state index contributed by atoms with van der Waals surface area (Å²) in [6, 6.07) is 6.18. The maximum atomic E-state index is 12.1. The van der Waals surface area contributed by atoms with Crippen molar-refractivity contribution >= 4 is 17.8 Å². The Hall–Kier alpha value is -2.37. The maximum absolute atomic E-state index is 12.1. The molecule has 0 heterocycles. The lowest BCUT2D eigenvalue weighted by atomic mass is 9.76. The largest absolute Gasteiger partial charge is 0.480 e. The molecule has 21 heavy (non-hydrogen) atoms. The van der Waals surface area contributed by atoms with E-state index in [1.807, 2.05) is 0 Å². The summed E-state index contributed by atoms with van der Waals surface area (Å²) < 4.78 is 0. The number of carboxylic acids is 1. The predicted octanol–water partition coefficient (Wildman–Crippen LogP) is 1.13. The van der Waals surface area contributed by atoms with Crippen LogP contribution in [0.3, 0.4) is 0 Å². The van der Waals surface area contributed by atoms with Crippen LogP contribution in [0.15, 0.2) is 24.3 Å². The molecular weight excluding hydrogens is 272 g/mol. The van der Waals surface area contributed by atoms with Crippen molar-refractivity contribution in [1.29, 1.82) is 0 Å². The fraction of sp³-hybridized carbons (Fsp3) is 0.400. The average Bonchev–Trinajstić information content (AvgIpc) is 2.41. The summed E-state index contributed by atoms with van der Waals surface area (Å²) in [6.07, 6.45) is 1.69. The van der Waals surface area contributed by atoms with Gasteiger partial charge in [0.25, 0.3) is 11.8 Å². The minimum absolute atomic E-state index is 0.150. The molecule has 1 aromatic rings. The quantitative estimate of drug-likeness (QED) is 0.870. The lowest BCUT2D eigenvalue weighted by Gasteiger charge is -2.38. The summed E-state index contributed by atoms with van der Waals surface area (Å²) >= 11 is 0. The summed E-state index contributed by atoms with van der Waals surface area (Å²) in [5, 5.41) is 11.8. The summed E-state index contributed by atoms with van der Waals surface area (Å²) in [6.45, 7) is 0. The van der Waals surface area contributed by atoms with E-state index in [0.29, 0.717) is 24.0 Å². The molecule has 112 valence electrons. The first-order chi connectivity index (χ1) is 9.85. The number of carboxylic acid groups (broad SMARTS) is 1. The highest BCUT2D eigenvalue weighted by Crippen LogP contribution is 2.32. The molecule has 0 aliphatic heterocycles. The second-order valence-corrected chi connectivity index (χ2v) is 5.47. The van der Waals surface area contributed by atoms with Gasteiger partial charge in [0.2, 0.25) is 0 Å². The molecule has 6 nitrogen and oxygen atoms in total. The molecule has 0 radical (unpaired) electrons. The number of hydrogen-bond donors (Lipinski definition) is 2. The topological polar surface area (TPSA) is 86.7 Å². The molecule has 0 saturated heterocycles. The first kappa shape index (κ1) is 15.0. The minimum Gasteiger partial charge on any atom is -0.480 e. The van der Waals surface area contributed by atoms with Gasteiger partial charge in [-0.3, -0.25) is 9.59 Å². The fourth-order valence-corrected chi connectivity index (χ4v) is 2.23. The molecule has 0 bridgehead atoms. The molecule has 1 fully saturated rings. The van der Waals surface area contributed by atoms with Gasteiger partial charge in [0.15, 0.2) is 0 Å². The molecule has 0 aromatic heterocycles. The van der Waals surface area contributed by atoms with Gasteiger partial charge in [-0.2, -0.15) is 0 Å². The van der Waals surface area contributed by atoms with Crippen LogP contribution in [0, 0.1) is 0 Å². The van der Waals surface area contributed by atoms with Gasteiger partial charge in [-0.15, -0.1) is 0 Å². The zero-order valence-corrected chi connectivity index (χ0v) is 12.0. The van der Waals surface area contributed by atoms with Crippen molar-refractivity contribution in [3.05, 3.63) is 35.4 Å². The van der Waals surface area contributed by atoms with Crippen LogP contribution in [-0.4, -0.2) is 47.4 Å². The molecule has 1 aromatic carbocycles. The first-order valence-electron chi connectivity index (χ1n) is 6.73. The van der Waals surface area contributed by atoms with Crippen molar-refractivity contribution in [3.63, 3.8) is 0 Å². The van der Waals surface area contributed by atoms with Crippen LogP contribution in [0.5, 0.6) is 0 Å². The molecule has 2 amide bonds. The highest BCUT2D eigenvalue weighted by Gasteiger charge is 2.45. The van der Waals surface area contributed by atoms with E-state index in [9.17, 15) is 19.5 Å². The lowest BCUT2D eigenvalue weighted by molar-refractivity contribution is -0.148. The van der Waals surface area contributed by atoms with E-state index in [0.717, 1.165) is 6.42 Å². The van der Waals surface area contributed by atoms with Gasteiger partial charge in [-0.1, -0.05) is 0 Å². The van der Waals surface area contributed by atoms with E-state index in [4.69, 9.17) is 0 Å². The van der Waals surface area contributed by atoms with E-state index >= 15 is 0 Å². The molecule has 0 unspecified atom stereocenters. The molecule has 6 heteroatoms. The minimum atomic E-state index is -1.13. The highest BCUT2D eigenvalue weighted by atomic mass is 16.4. The SMILES string of the molecule is CN(C)C(=O)c1ccc(C(=O)NC2(C(=O)O)CCC2)cc1. The number of nitrogens with one attached hydrogen (secondary N) is 1. The van der Waals surface area contributed by atoms with Crippen LogP contribution in [0.1, 0.15) is 40.0 Å². The van der Waals surface area contributed by atoms with E-state index < -0.39 is 17.4 Å². The Kier molecular flexibility index (Phi) is 3.97. The van der Waals surface area contributed by atoms with Crippen LogP contribution < -0.4 is 5.32 Å². The Morgan fingerprint density at radius 2 is 1.62 bits per heavy atom. The number of benzene rings is 1. The second kappa shape index (κ2) is 5.55. The lowest BCUT2D eigenvalue weighted by Crippen LogP contribution is -2.59. The van der Waals surface area contributed by atoms with Gasteiger partial charge in [0.1, 0.15) is 5.54 Å². The van der Waals surface area contributed by atoms with Crippen molar-refractivity contribution < 1.29 is 19.5 Å². The Balaban J connectivity index is 2.10. The third-order valence-corrected chi connectivity index (χ3v) is 3.77. The number of carbonyl (C=O) groups excluding carboxylic acids is 2. The molecule has 1 aliphatic carbocycles. The summed E-state index contributed by atoms with van der Waals surface area (Å²) in [5.74, 6) is -1.58. The van der Waals surface area contributed by atoms with Crippen molar-refractivity contribution in [1.82, 2.24) is 10.2 Å². The van der Waals surface area contributed by atoms with Crippen LogP contribution in [0.25, 0.3) is 0 Å². The molecule has 2 rings (SSSR count). The van der Waals surface area contributed by atoms with E-state index in [1.54, 1.807) is 26.2 Å². The number of aliphatic carboxylic acids is 1. The normalized spacial score (nSPS) is 15.7. The maximum Gasteiger partial charge on any atom is 0.329 e. The number of hydrogen-bond acceptors (Lipinski definition) is 3. The summed E-state index contributed by atoms with van der Waals surface area (Å²) in [5.41, 5.74) is -0.305. The Morgan fingerprint density at radius 3 is 2.00 bits per heavy atom. The first-order valence-corrected chi connectivity index (χ1v) is 6.73. The van der Waals surface area contributed by atoms with E-state index in [1.165, 1.54) is 17.0 Å². The van der Waals surface area contributed by atoms with Crippen molar-refractivity contribution in [3.8, 4) is 0 Å². The van der Waals surface area contributed by atoms with E-state index in [2.05, 4.69) is 5.32 Å². The molecule has 0 atom stereocenters. The fourth-order valence-electron chi connectivity index (χ4n) is 2.23. The van der Waals surface area contributed by atoms with Crippen LogP contribution in [0.4, 0.5) is 0 Å². The zero-order valence-electron chi connectivity index (χ0n) is 12.0. The Bertz CT molecular complexity index is 574. The second-order valence-electron chi connectivity index (χ2n) is 5.47. The van der Waals surface area contributed by atoms with E-state index in [-0.39, 0.29) is 5.91 Å². The molecule has 1 saturated carbocycles. The van der Waals surface area contributed by atoms with Crippen LogP contribution in [-0.2, 0) is 4.79 Å². The smallest absolute Gasteiger partial charge is 0.329 e. The van der Waals surface area contributed by atoms with Gasteiger partial charge in [0.05, 0.1) is 0 Å². The Labute approximate surface area is 122 Å². The summed E-state index contributed by atoms with van der Waals surface area (Å²) in [4.78, 5) is 36.5. The van der Waals surface area contributed by atoms with Crippen molar-refractivity contribution in [2.75, 3.05) is 14.1 Å². The third-order valence-electron chi connectivity index (χ3n) is 3.77. The molecule has 0 spiro atoms.